The molecular weight excluding hydrogens is 477 g/mol. The van der Waals surface area contributed by atoms with Crippen LogP contribution >= 0.6 is 0 Å². The second-order valence-electron chi connectivity index (χ2n) is 8.94. The molecule has 1 aromatic carbocycles. The van der Waals surface area contributed by atoms with Crippen molar-refractivity contribution < 1.29 is 14.2 Å². The number of halogens is 1. The van der Waals surface area contributed by atoms with Crippen molar-refractivity contribution in [1.29, 1.82) is 0 Å². The Kier molecular flexibility index (Phi) is 7.57. The van der Waals surface area contributed by atoms with Crippen molar-refractivity contribution in [3.8, 4) is 5.75 Å². The third kappa shape index (κ3) is 6.22. The van der Waals surface area contributed by atoms with Crippen LogP contribution in [0.5, 0.6) is 5.75 Å². The number of hydrogen-bond acceptors (Lipinski definition) is 11. The standard InChI is InChI=1S/C25H30FN9O2/c1-17-3-2-6-30-35(17)21-11-20(12-22(36)13-21)31-19-5-4-18(27-14-19)15-29-33-25-28-16-23(26)24(32-25)34-7-9-37-10-8-34/h4-5,11-17,30-31,36H,2-3,6-10H2,1H3,(H,28,32,33)/b29-15+. The van der Waals surface area contributed by atoms with Gasteiger partial charge >= 0.3 is 0 Å². The normalized spacial score (nSPS) is 18.3. The van der Waals surface area contributed by atoms with Crippen molar-refractivity contribution in [3.05, 3.63) is 54.2 Å². The highest BCUT2D eigenvalue weighted by Gasteiger charge is 2.20. The first-order valence-electron chi connectivity index (χ1n) is 12.3. The highest BCUT2D eigenvalue weighted by atomic mass is 19.1. The molecule has 3 aromatic rings. The average Bonchev–Trinajstić information content (AvgIpc) is 2.91. The lowest BCUT2D eigenvalue weighted by molar-refractivity contribution is 0.122. The summed E-state index contributed by atoms with van der Waals surface area (Å²) in [5, 5.41) is 19.8. The van der Waals surface area contributed by atoms with Gasteiger partial charge < -0.3 is 25.1 Å². The molecule has 37 heavy (non-hydrogen) atoms. The van der Waals surface area contributed by atoms with Crippen LogP contribution in [0.15, 0.2) is 47.8 Å². The van der Waals surface area contributed by atoms with Crippen LogP contribution in [0.1, 0.15) is 25.5 Å². The van der Waals surface area contributed by atoms with Crippen molar-refractivity contribution in [2.75, 3.05) is 53.5 Å². The number of aromatic hydroxyl groups is 1. The van der Waals surface area contributed by atoms with Gasteiger partial charge in [-0.3, -0.25) is 4.98 Å². The molecule has 2 saturated heterocycles. The molecule has 11 nitrogen and oxygen atoms in total. The van der Waals surface area contributed by atoms with Gasteiger partial charge in [-0.25, -0.2) is 20.2 Å². The number of hydrazine groups is 1. The molecule has 0 spiro atoms. The van der Waals surface area contributed by atoms with E-state index in [4.69, 9.17) is 4.74 Å². The van der Waals surface area contributed by atoms with E-state index in [-0.39, 0.29) is 17.5 Å². The van der Waals surface area contributed by atoms with Crippen LogP contribution in [0, 0.1) is 5.82 Å². The number of nitrogens with zero attached hydrogens (tertiary/aromatic N) is 6. The van der Waals surface area contributed by atoms with E-state index in [1.807, 2.05) is 17.0 Å². The smallest absolute Gasteiger partial charge is 0.245 e. The number of anilines is 5. The predicted molar refractivity (Wildman–Crippen MR) is 141 cm³/mol. The summed E-state index contributed by atoms with van der Waals surface area (Å²) in [6.45, 7) is 5.27. The molecule has 2 aromatic heterocycles. The number of aromatic nitrogens is 3. The zero-order valence-corrected chi connectivity index (χ0v) is 20.6. The first-order chi connectivity index (χ1) is 18.0. The summed E-state index contributed by atoms with van der Waals surface area (Å²) < 4.78 is 19.5. The molecule has 0 radical (unpaired) electrons. The molecule has 2 aliphatic rings. The number of nitrogens with one attached hydrogen (secondary N) is 3. The Morgan fingerprint density at radius 2 is 2.03 bits per heavy atom. The van der Waals surface area contributed by atoms with E-state index in [0.29, 0.717) is 38.0 Å². The Bertz CT molecular complexity index is 1240. The topological polar surface area (TPSA) is 123 Å². The molecule has 1 unspecified atom stereocenters. The fraction of sp³-hybridized carbons (Fsp3) is 0.360. The van der Waals surface area contributed by atoms with Crippen LogP contribution in [0.4, 0.5) is 33.2 Å². The first-order valence-corrected chi connectivity index (χ1v) is 12.3. The average molecular weight is 508 g/mol. The molecule has 4 N–H and O–H groups in total. The molecule has 2 fully saturated rings. The quantitative estimate of drug-likeness (QED) is 0.280. The molecule has 0 amide bonds. The molecule has 12 heteroatoms. The van der Waals surface area contributed by atoms with Crippen LogP contribution in [0.3, 0.4) is 0 Å². The van der Waals surface area contributed by atoms with Gasteiger partial charge in [-0.05, 0) is 38.0 Å². The maximum atomic E-state index is 14.2. The van der Waals surface area contributed by atoms with Crippen molar-refractivity contribution in [3.63, 3.8) is 0 Å². The molecule has 0 bridgehead atoms. The van der Waals surface area contributed by atoms with Crippen molar-refractivity contribution in [1.82, 2.24) is 20.4 Å². The Morgan fingerprint density at radius 3 is 2.81 bits per heavy atom. The number of morpholine rings is 1. The van der Waals surface area contributed by atoms with Crippen LogP contribution < -0.4 is 26.1 Å². The van der Waals surface area contributed by atoms with Crippen LogP contribution in [0.25, 0.3) is 0 Å². The van der Waals surface area contributed by atoms with Gasteiger partial charge in [0, 0.05) is 43.5 Å². The summed E-state index contributed by atoms with van der Waals surface area (Å²) in [6.07, 6.45) is 6.56. The summed E-state index contributed by atoms with van der Waals surface area (Å²) in [4.78, 5) is 14.4. The van der Waals surface area contributed by atoms with E-state index in [9.17, 15) is 9.50 Å². The van der Waals surface area contributed by atoms with Crippen LogP contribution in [-0.4, -0.2) is 65.2 Å². The Hall–Kier alpha value is -4.03. The SMILES string of the molecule is CC1CCCNN1c1cc(O)cc(Nc2ccc(/C=N/Nc3ncc(F)c(N4CCOCC4)n3)nc2)c1. The van der Waals surface area contributed by atoms with E-state index in [2.05, 4.69) is 48.2 Å². The van der Waals surface area contributed by atoms with Crippen molar-refractivity contribution >= 4 is 35.0 Å². The lowest BCUT2D eigenvalue weighted by atomic mass is 10.1. The second-order valence-corrected chi connectivity index (χ2v) is 8.94. The van der Waals surface area contributed by atoms with E-state index in [1.54, 1.807) is 24.4 Å². The molecular formula is C25H30FN9O2. The number of pyridine rings is 1. The number of phenols is 1. The summed E-state index contributed by atoms with van der Waals surface area (Å²) >= 11 is 0. The third-order valence-corrected chi connectivity index (χ3v) is 6.17. The Labute approximate surface area is 214 Å². The predicted octanol–water partition coefficient (Wildman–Crippen LogP) is 3.24. The lowest BCUT2D eigenvalue weighted by Gasteiger charge is -2.36. The lowest BCUT2D eigenvalue weighted by Crippen LogP contribution is -2.48. The second kappa shape index (κ2) is 11.4. The number of hydrogen-bond donors (Lipinski definition) is 4. The van der Waals surface area contributed by atoms with E-state index >= 15 is 0 Å². The van der Waals surface area contributed by atoms with Gasteiger partial charge in [-0.15, -0.1) is 0 Å². The van der Waals surface area contributed by atoms with Gasteiger partial charge in [0.15, 0.2) is 11.6 Å². The van der Waals surface area contributed by atoms with Gasteiger partial charge in [0.1, 0.15) is 5.75 Å². The van der Waals surface area contributed by atoms with Crippen LogP contribution in [-0.2, 0) is 4.74 Å². The Morgan fingerprint density at radius 1 is 1.16 bits per heavy atom. The van der Waals surface area contributed by atoms with E-state index < -0.39 is 5.82 Å². The van der Waals surface area contributed by atoms with E-state index in [1.165, 1.54) is 6.21 Å². The maximum absolute atomic E-state index is 14.2. The monoisotopic (exact) mass is 507 g/mol. The highest BCUT2D eigenvalue weighted by molar-refractivity contribution is 5.78. The summed E-state index contributed by atoms with van der Waals surface area (Å²) in [5.74, 6) is 0.115. The van der Waals surface area contributed by atoms with Gasteiger partial charge in [-0.1, -0.05) is 0 Å². The molecule has 2 aliphatic heterocycles. The largest absolute Gasteiger partial charge is 0.508 e. The number of phenolic OH excluding ortho intramolecular Hbond substituents is 1. The van der Waals surface area contributed by atoms with Crippen LogP contribution in [0.2, 0.25) is 0 Å². The Balaban J connectivity index is 1.21. The van der Waals surface area contributed by atoms with Gasteiger partial charge in [0.2, 0.25) is 5.95 Å². The zero-order valence-electron chi connectivity index (χ0n) is 20.6. The minimum Gasteiger partial charge on any atom is -0.508 e. The molecule has 0 saturated carbocycles. The first kappa shape index (κ1) is 24.7. The fourth-order valence-electron chi connectivity index (χ4n) is 4.32. The number of ether oxygens (including phenoxy) is 1. The summed E-state index contributed by atoms with van der Waals surface area (Å²) in [5.41, 5.74) is 9.15. The van der Waals surface area contributed by atoms with E-state index in [0.717, 1.165) is 42.6 Å². The maximum Gasteiger partial charge on any atom is 0.245 e. The zero-order chi connectivity index (χ0) is 25.6. The van der Waals surface area contributed by atoms with Crippen molar-refractivity contribution in [2.24, 2.45) is 5.10 Å². The third-order valence-electron chi connectivity index (χ3n) is 6.17. The molecule has 194 valence electrons. The number of benzene rings is 1. The molecule has 1 atom stereocenters. The number of hydrazone groups is 1. The minimum atomic E-state index is -0.484. The molecule has 0 aliphatic carbocycles. The number of rotatable bonds is 7. The van der Waals surface area contributed by atoms with Gasteiger partial charge in [0.05, 0.1) is 48.9 Å². The summed E-state index contributed by atoms with van der Waals surface area (Å²) in [6, 6.07) is 9.41. The molecule has 4 heterocycles. The van der Waals surface area contributed by atoms with Gasteiger partial charge in [-0.2, -0.15) is 10.1 Å². The van der Waals surface area contributed by atoms with Gasteiger partial charge in [0.25, 0.3) is 0 Å². The minimum absolute atomic E-state index is 0.183. The highest BCUT2D eigenvalue weighted by Crippen LogP contribution is 2.30. The fourth-order valence-corrected chi connectivity index (χ4v) is 4.32. The summed E-state index contributed by atoms with van der Waals surface area (Å²) in [7, 11) is 0. The van der Waals surface area contributed by atoms with Crippen molar-refractivity contribution in [2.45, 2.75) is 25.8 Å². The molecule has 5 rings (SSSR count).